The maximum atomic E-state index is 8.85. The van der Waals surface area contributed by atoms with E-state index in [1.807, 2.05) is 25.1 Å². The molecule has 0 aliphatic carbocycles. The molecule has 0 amide bonds. The largest absolute Gasteiger partial charge is 0.496 e. The minimum Gasteiger partial charge on any atom is -0.496 e. The van der Waals surface area contributed by atoms with Crippen LogP contribution in [0.1, 0.15) is 17.2 Å². The highest BCUT2D eigenvalue weighted by atomic mass is 16.5. The van der Waals surface area contributed by atoms with Crippen molar-refractivity contribution in [3.63, 3.8) is 0 Å². The van der Waals surface area contributed by atoms with Crippen LogP contribution in [0, 0.1) is 6.92 Å². The van der Waals surface area contributed by atoms with E-state index in [0.29, 0.717) is 0 Å². The number of nitrogens with two attached hydrogens (primary N) is 1. The molecule has 0 fully saturated rings. The van der Waals surface area contributed by atoms with Gasteiger partial charge in [0.25, 0.3) is 0 Å². The Balaban J connectivity index is 2.95. The van der Waals surface area contributed by atoms with Crippen molar-refractivity contribution in [3.05, 3.63) is 29.3 Å². The van der Waals surface area contributed by atoms with Gasteiger partial charge in [-0.3, -0.25) is 0 Å². The first-order chi connectivity index (χ1) is 6.19. The molecule has 1 atom stereocenters. The minimum atomic E-state index is -0.301. The number of aryl methyl sites for hydroxylation is 1. The predicted molar refractivity (Wildman–Crippen MR) is 51.7 cm³/mol. The average Bonchev–Trinajstić information content (AvgIpc) is 2.16. The summed E-state index contributed by atoms with van der Waals surface area (Å²) in [5, 5.41) is 8.85. The quantitative estimate of drug-likeness (QED) is 0.731. The van der Waals surface area contributed by atoms with Gasteiger partial charge in [-0.2, -0.15) is 0 Å². The third kappa shape index (κ3) is 2.20. The highest BCUT2D eigenvalue weighted by molar-refractivity contribution is 5.37. The maximum Gasteiger partial charge on any atom is 0.121 e. The fraction of sp³-hybridized carbons (Fsp3) is 0.400. The SMILES string of the molecule is COc1ccc([C@H](N)CO)cc1C. The first-order valence-corrected chi connectivity index (χ1v) is 4.20. The van der Waals surface area contributed by atoms with E-state index in [-0.39, 0.29) is 12.6 Å². The predicted octanol–water partition coefficient (Wildman–Crippen LogP) is 0.996. The van der Waals surface area contributed by atoms with Gasteiger partial charge in [-0.05, 0) is 24.1 Å². The third-order valence-electron chi connectivity index (χ3n) is 2.04. The molecule has 0 saturated carbocycles. The van der Waals surface area contributed by atoms with Crippen molar-refractivity contribution in [2.24, 2.45) is 5.73 Å². The van der Waals surface area contributed by atoms with Gasteiger partial charge in [0.15, 0.2) is 0 Å². The van der Waals surface area contributed by atoms with Crippen LogP contribution in [-0.2, 0) is 0 Å². The van der Waals surface area contributed by atoms with Gasteiger partial charge < -0.3 is 15.6 Å². The van der Waals surface area contributed by atoms with Crippen molar-refractivity contribution in [2.45, 2.75) is 13.0 Å². The summed E-state index contributed by atoms with van der Waals surface area (Å²) >= 11 is 0. The second-order valence-corrected chi connectivity index (χ2v) is 3.02. The molecule has 1 aromatic carbocycles. The summed E-state index contributed by atoms with van der Waals surface area (Å²) in [6.45, 7) is 1.91. The molecule has 0 aliphatic rings. The lowest BCUT2D eigenvalue weighted by Gasteiger charge is -2.11. The summed E-state index contributed by atoms with van der Waals surface area (Å²) in [7, 11) is 1.63. The number of benzene rings is 1. The van der Waals surface area contributed by atoms with Gasteiger partial charge in [-0.1, -0.05) is 12.1 Å². The Morgan fingerprint density at radius 3 is 2.69 bits per heavy atom. The van der Waals surface area contributed by atoms with Gasteiger partial charge in [-0.15, -0.1) is 0 Å². The molecule has 3 nitrogen and oxygen atoms in total. The van der Waals surface area contributed by atoms with Gasteiger partial charge >= 0.3 is 0 Å². The van der Waals surface area contributed by atoms with Gasteiger partial charge in [0.2, 0.25) is 0 Å². The molecule has 0 heterocycles. The highest BCUT2D eigenvalue weighted by Crippen LogP contribution is 2.21. The summed E-state index contributed by atoms with van der Waals surface area (Å²) in [5.74, 6) is 0.842. The number of hydrogen-bond donors (Lipinski definition) is 2. The van der Waals surface area contributed by atoms with Crippen molar-refractivity contribution in [3.8, 4) is 5.75 Å². The summed E-state index contributed by atoms with van der Waals surface area (Å²) in [4.78, 5) is 0. The number of ether oxygens (including phenoxy) is 1. The van der Waals surface area contributed by atoms with Gasteiger partial charge in [0.05, 0.1) is 19.8 Å². The van der Waals surface area contributed by atoms with Crippen molar-refractivity contribution in [2.75, 3.05) is 13.7 Å². The lowest BCUT2D eigenvalue weighted by molar-refractivity contribution is 0.268. The first kappa shape index (κ1) is 10.0. The third-order valence-corrected chi connectivity index (χ3v) is 2.04. The standard InChI is InChI=1S/C10H15NO2/c1-7-5-8(9(11)6-12)3-4-10(7)13-2/h3-5,9,12H,6,11H2,1-2H3/t9-/m1/s1. The summed E-state index contributed by atoms with van der Waals surface area (Å²) in [6.07, 6.45) is 0. The molecule has 0 unspecified atom stereocenters. The molecular formula is C10H15NO2. The fourth-order valence-electron chi connectivity index (χ4n) is 1.24. The van der Waals surface area contributed by atoms with Crippen molar-refractivity contribution < 1.29 is 9.84 Å². The highest BCUT2D eigenvalue weighted by Gasteiger charge is 2.06. The Morgan fingerprint density at radius 2 is 2.23 bits per heavy atom. The van der Waals surface area contributed by atoms with Gasteiger partial charge in [0.1, 0.15) is 5.75 Å². The van der Waals surface area contributed by atoms with Crippen LogP contribution in [0.2, 0.25) is 0 Å². The molecular weight excluding hydrogens is 166 g/mol. The molecule has 0 aromatic heterocycles. The number of aliphatic hydroxyl groups excluding tert-OH is 1. The Labute approximate surface area is 78.1 Å². The fourth-order valence-corrected chi connectivity index (χ4v) is 1.24. The Bertz CT molecular complexity index is 286. The molecule has 0 bridgehead atoms. The molecule has 1 aromatic rings. The molecule has 0 radical (unpaired) electrons. The van der Waals surface area contributed by atoms with E-state index in [1.54, 1.807) is 7.11 Å². The van der Waals surface area contributed by atoms with Crippen molar-refractivity contribution in [1.29, 1.82) is 0 Å². The summed E-state index contributed by atoms with van der Waals surface area (Å²) in [6, 6.07) is 5.36. The van der Waals surface area contributed by atoms with E-state index in [9.17, 15) is 0 Å². The van der Waals surface area contributed by atoms with E-state index in [0.717, 1.165) is 16.9 Å². The van der Waals surface area contributed by atoms with Crippen LogP contribution in [0.4, 0.5) is 0 Å². The zero-order valence-electron chi connectivity index (χ0n) is 7.95. The van der Waals surface area contributed by atoms with E-state index in [2.05, 4.69) is 0 Å². The number of hydrogen-bond acceptors (Lipinski definition) is 3. The van der Waals surface area contributed by atoms with Crippen molar-refractivity contribution >= 4 is 0 Å². The van der Waals surface area contributed by atoms with Crippen LogP contribution in [0.5, 0.6) is 5.75 Å². The Morgan fingerprint density at radius 1 is 1.54 bits per heavy atom. The van der Waals surface area contributed by atoms with E-state index in [4.69, 9.17) is 15.6 Å². The van der Waals surface area contributed by atoms with Crippen LogP contribution in [0.25, 0.3) is 0 Å². The molecule has 0 spiro atoms. The van der Waals surface area contributed by atoms with Crippen LogP contribution >= 0.6 is 0 Å². The molecule has 72 valence electrons. The number of methoxy groups -OCH3 is 1. The lowest BCUT2D eigenvalue weighted by atomic mass is 10.1. The second-order valence-electron chi connectivity index (χ2n) is 3.02. The monoisotopic (exact) mass is 181 g/mol. The van der Waals surface area contributed by atoms with Gasteiger partial charge in [0, 0.05) is 0 Å². The van der Waals surface area contributed by atoms with E-state index >= 15 is 0 Å². The molecule has 3 N–H and O–H groups in total. The topological polar surface area (TPSA) is 55.5 Å². The summed E-state index contributed by atoms with van der Waals surface area (Å²) in [5.41, 5.74) is 7.63. The lowest BCUT2D eigenvalue weighted by Crippen LogP contribution is -2.14. The smallest absolute Gasteiger partial charge is 0.121 e. The van der Waals surface area contributed by atoms with Crippen LogP contribution < -0.4 is 10.5 Å². The maximum absolute atomic E-state index is 8.85. The van der Waals surface area contributed by atoms with Crippen molar-refractivity contribution in [1.82, 2.24) is 0 Å². The van der Waals surface area contributed by atoms with E-state index in [1.165, 1.54) is 0 Å². The normalized spacial score (nSPS) is 12.6. The zero-order valence-corrected chi connectivity index (χ0v) is 7.95. The molecule has 13 heavy (non-hydrogen) atoms. The first-order valence-electron chi connectivity index (χ1n) is 4.20. The molecule has 3 heteroatoms. The Kier molecular flexibility index (Phi) is 3.28. The summed E-state index contributed by atoms with van der Waals surface area (Å²) < 4.78 is 5.11. The average molecular weight is 181 g/mol. The van der Waals surface area contributed by atoms with Gasteiger partial charge in [-0.25, -0.2) is 0 Å². The molecule has 0 saturated heterocycles. The van der Waals surface area contributed by atoms with Crippen LogP contribution in [0.15, 0.2) is 18.2 Å². The molecule has 1 rings (SSSR count). The number of rotatable bonds is 3. The van der Waals surface area contributed by atoms with Crippen LogP contribution in [-0.4, -0.2) is 18.8 Å². The second kappa shape index (κ2) is 4.25. The number of aliphatic hydroxyl groups is 1. The van der Waals surface area contributed by atoms with Crippen LogP contribution in [0.3, 0.4) is 0 Å². The zero-order chi connectivity index (χ0) is 9.84. The Hall–Kier alpha value is -1.06. The van der Waals surface area contributed by atoms with E-state index < -0.39 is 0 Å². The minimum absolute atomic E-state index is 0.0359. The molecule has 0 aliphatic heterocycles.